The van der Waals surface area contributed by atoms with Gasteiger partial charge in [0, 0.05) is 6.07 Å². The Labute approximate surface area is 120 Å². The van der Waals surface area contributed by atoms with Crippen LogP contribution in [-0.2, 0) is 14.3 Å². The van der Waals surface area contributed by atoms with E-state index < -0.39 is 35.5 Å². The van der Waals surface area contributed by atoms with Gasteiger partial charge in [-0.2, -0.15) is 0 Å². The third kappa shape index (κ3) is 2.82. The minimum atomic E-state index is -1.42. The van der Waals surface area contributed by atoms with Gasteiger partial charge in [-0.1, -0.05) is 0 Å². The van der Waals surface area contributed by atoms with Crippen molar-refractivity contribution in [3.63, 3.8) is 0 Å². The van der Waals surface area contributed by atoms with Crippen LogP contribution < -0.4 is 0 Å². The largest absolute Gasteiger partial charge is 0.508 e. The maximum atomic E-state index is 12.0. The third-order valence-electron chi connectivity index (χ3n) is 3.05. The standard InChI is InChI=1S/C14H14O7/c1-6-3-8(15)4-9(16)11(6)14(19)21-10-5-20-7(2)12(17)13(10)18/h3-5,7,12,15-17H,1-2H3/t7-,12-/m0/s1. The number of aryl methyl sites for hydroxylation is 1. The number of benzene rings is 1. The zero-order chi connectivity index (χ0) is 15.7. The summed E-state index contributed by atoms with van der Waals surface area (Å²) < 4.78 is 9.83. The van der Waals surface area contributed by atoms with Crippen LogP contribution in [0, 0.1) is 6.92 Å². The van der Waals surface area contributed by atoms with E-state index in [2.05, 4.69) is 0 Å². The van der Waals surface area contributed by atoms with Gasteiger partial charge in [-0.3, -0.25) is 4.79 Å². The molecule has 0 saturated heterocycles. The van der Waals surface area contributed by atoms with E-state index in [1.54, 1.807) is 0 Å². The Morgan fingerprint density at radius 3 is 2.62 bits per heavy atom. The summed E-state index contributed by atoms with van der Waals surface area (Å²) in [5.41, 5.74) is 0.0887. The van der Waals surface area contributed by atoms with Gasteiger partial charge in [-0.15, -0.1) is 0 Å². The number of aliphatic hydroxyl groups excluding tert-OH is 1. The van der Waals surface area contributed by atoms with E-state index >= 15 is 0 Å². The predicted octanol–water partition coefficient (Wildman–Crippen LogP) is 0.753. The lowest BCUT2D eigenvalue weighted by molar-refractivity contribution is -0.135. The van der Waals surface area contributed by atoms with Crippen LogP contribution in [0.2, 0.25) is 0 Å². The quantitative estimate of drug-likeness (QED) is 0.690. The predicted molar refractivity (Wildman–Crippen MR) is 69.6 cm³/mol. The van der Waals surface area contributed by atoms with Crippen LogP contribution in [0.4, 0.5) is 0 Å². The molecule has 1 aromatic carbocycles. The molecular weight excluding hydrogens is 280 g/mol. The fraction of sp³-hybridized carbons (Fsp3) is 0.286. The molecule has 21 heavy (non-hydrogen) atoms. The van der Waals surface area contributed by atoms with E-state index in [-0.39, 0.29) is 16.9 Å². The van der Waals surface area contributed by atoms with Crippen molar-refractivity contribution in [2.45, 2.75) is 26.1 Å². The highest BCUT2D eigenvalue weighted by atomic mass is 16.6. The monoisotopic (exact) mass is 294 g/mol. The fourth-order valence-corrected chi connectivity index (χ4v) is 1.90. The van der Waals surface area contributed by atoms with Crippen molar-refractivity contribution >= 4 is 11.8 Å². The summed E-state index contributed by atoms with van der Waals surface area (Å²) in [5, 5.41) is 28.5. The summed E-state index contributed by atoms with van der Waals surface area (Å²) in [6, 6.07) is 2.24. The summed E-state index contributed by atoms with van der Waals surface area (Å²) in [6.45, 7) is 2.98. The maximum Gasteiger partial charge on any atom is 0.347 e. The Morgan fingerprint density at radius 2 is 2.00 bits per heavy atom. The number of aromatic hydroxyl groups is 2. The van der Waals surface area contributed by atoms with Crippen LogP contribution in [0.25, 0.3) is 0 Å². The van der Waals surface area contributed by atoms with E-state index in [4.69, 9.17) is 9.47 Å². The lowest BCUT2D eigenvalue weighted by atomic mass is 10.1. The first-order chi connectivity index (χ1) is 9.81. The maximum absolute atomic E-state index is 12.0. The Hall–Kier alpha value is -2.54. The smallest absolute Gasteiger partial charge is 0.347 e. The molecular formula is C14H14O7. The Morgan fingerprint density at radius 1 is 1.33 bits per heavy atom. The Kier molecular flexibility index (Phi) is 3.86. The molecule has 0 amide bonds. The van der Waals surface area contributed by atoms with E-state index in [0.717, 1.165) is 12.3 Å². The van der Waals surface area contributed by atoms with Gasteiger partial charge in [-0.05, 0) is 25.5 Å². The number of esters is 1. The van der Waals surface area contributed by atoms with Crippen molar-refractivity contribution in [1.29, 1.82) is 0 Å². The van der Waals surface area contributed by atoms with E-state index in [9.17, 15) is 24.9 Å². The van der Waals surface area contributed by atoms with Gasteiger partial charge >= 0.3 is 5.97 Å². The first-order valence-corrected chi connectivity index (χ1v) is 6.14. The lowest BCUT2D eigenvalue weighted by Crippen LogP contribution is -2.38. The van der Waals surface area contributed by atoms with Gasteiger partial charge in [0.2, 0.25) is 11.5 Å². The molecule has 7 heteroatoms. The normalized spacial score (nSPS) is 21.5. The van der Waals surface area contributed by atoms with Gasteiger partial charge in [-0.25, -0.2) is 4.79 Å². The van der Waals surface area contributed by atoms with Crippen molar-refractivity contribution in [2.24, 2.45) is 0 Å². The molecule has 0 radical (unpaired) electrons. The summed E-state index contributed by atoms with van der Waals surface area (Å²) in [5.74, 6) is -2.90. The number of rotatable bonds is 2. The number of ether oxygens (including phenoxy) is 2. The molecule has 2 rings (SSSR count). The first-order valence-electron chi connectivity index (χ1n) is 6.14. The number of ketones is 1. The second-order valence-electron chi connectivity index (χ2n) is 4.68. The Bertz CT molecular complexity index is 609. The number of carbonyl (C=O) groups is 2. The van der Waals surface area contributed by atoms with Crippen molar-refractivity contribution in [3.05, 3.63) is 35.3 Å². The third-order valence-corrected chi connectivity index (χ3v) is 3.05. The SMILES string of the molecule is Cc1cc(O)cc(O)c1C(=O)OC1=CO[C@@H](C)[C@H](O)C1=O. The molecule has 0 aromatic heterocycles. The van der Waals surface area contributed by atoms with Crippen LogP contribution in [0.15, 0.2) is 24.2 Å². The van der Waals surface area contributed by atoms with Crippen molar-refractivity contribution in [3.8, 4) is 11.5 Å². The number of carbonyl (C=O) groups excluding carboxylic acids is 2. The number of hydrogen-bond acceptors (Lipinski definition) is 7. The molecule has 112 valence electrons. The summed E-state index contributed by atoms with van der Waals surface area (Å²) in [6.07, 6.45) is -1.21. The molecule has 7 nitrogen and oxygen atoms in total. The lowest BCUT2D eigenvalue weighted by Gasteiger charge is -2.23. The van der Waals surface area contributed by atoms with Gasteiger partial charge in [0.05, 0.1) is 0 Å². The van der Waals surface area contributed by atoms with Crippen LogP contribution in [0.3, 0.4) is 0 Å². The molecule has 0 saturated carbocycles. The zero-order valence-corrected chi connectivity index (χ0v) is 11.4. The number of hydrogen-bond donors (Lipinski definition) is 3. The van der Waals surface area contributed by atoms with Gasteiger partial charge in [0.1, 0.15) is 29.4 Å². The van der Waals surface area contributed by atoms with Gasteiger partial charge in [0.25, 0.3) is 0 Å². The molecule has 0 unspecified atom stereocenters. The molecule has 1 heterocycles. The number of Topliss-reactive ketones (excluding diaryl/α,β-unsaturated/α-hetero) is 1. The van der Waals surface area contributed by atoms with Crippen molar-refractivity contribution in [2.75, 3.05) is 0 Å². The van der Waals surface area contributed by atoms with Crippen LogP contribution in [0.5, 0.6) is 11.5 Å². The molecule has 3 N–H and O–H groups in total. The topological polar surface area (TPSA) is 113 Å². The number of phenolic OH excluding ortho intramolecular Hbond substituents is 2. The van der Waals surface area contributed by atoms with E-state index in [1.165, 1.54) is 19.9 Å². The van der Waals surface area contributed by atoms with Gasteiger partial charge < -0.3 is 24.8 Å². The molecule has 0 bridgehead atoms. The van der Waals surface area contributed by atoms with Crippen molar-refractivity contribution in [1.82, 2.24) is 0 Å². The molecule has 0 spiro atoms. The molecule has 1 aromatic rings. The minimum absolute atomic E-state index is 0.186. The van der Waals surface area contributed by atoms with E-state index in [0.29, 0.717) is 0 Å². The number of phenols is 2. The minimum Gasteiger partial charge on any atom is -0.508 e. The molecule has 1 aliphatic rings. The molecule has 0 aliphatic carbocycles. The molecule has 0 fully saturated rings. The van der Waals surface area contributed by atoms with Crippen LogP contribution in [0.1, 0.15) is 22.8 Å². The average molecular weight is 294 g/mol. The highest BCUT2D eigenvalue weighted by molar-refractivity contribution is 6.02. The highest BCUT2D eigenvalue weighted by Gasteiger charge is 2.34. The fourth-order valence-electron chi connectivity index (χ4n) is 1.90. The first kappa shape index (κ1) is 14.9. The van der Waals surface area contributed by atoms with Crippen molar-refractivity contribution < 1.29 is 34.4 Å². The molecule has 2 atom stereocenters. The van der Waals surface area contributed by atoms with E-state index in [1.807, 2.05) is 0 Å². The highest BCUT2D eigenvalue weighted by Crippen LogP contribution is 2.28. The molecule has 1 aliphatic heterocycles. The number of aliphatic hydroxyl groups is 1. The average Bonchev–Trinajstić information content (AvgIpc) is 2.38. The summed E-state index contributed by atoms with van der Waals surface area (Å²) in [4.78, 5) is 23.8. The zero-order valence-electron chi connectivity index (χ0n) is 11.4. The van der Waals surface area contributed by atoms with Crippen LogP contribution >= 0.6 is 0 Å². The second kappa shape index (κ2) is 5.45. The second-order valence-corrected chi connectivity index (χ2v) is 4.68. The summed E-state index contributed by atoms with van der Waals surface area (Å²) >= 11 is 0. The Balaban J connectivity index is 2.25. The van der Waals surface area contributed by atoms with Gasteiger partial charge in [0.15, 0.2) is 6.10 Å². The van der Waals surface area contributed by atoms with Crippen LogP contribution in [-0.4, -0.2) is 39.3 Å². The summed E-state index contributed by atoms with van der Waals surface area (Å²) in [7, 11) is 0.